The van der Waals surface area contributed by atoms with Crippen molar-refractivity contribution in [2.75, 3.05) is 35.6 Å². The molecule has 3 rings (SSSR count). The lowest BCUT2D eigenvalue weighted by molar-refractivity contribution is -0.114. The van der Waals surface area contributed by atoms with Crippen molar-refractivity contribution in [1.82, 2.24) is 14.9 Å². The first-order chi connectivity index (χ1) is 14.0. The van der Waals surface area contributed by atoms with Gasteiger partial charge in [0.2, 0.25) is 11.9 Å². The van der Waals surface area contributed by atoms with Crippen LogP contribution in [0.15, 0.2) is 36.5 Å². The van der Waals surface area contributed by atoms with E-state index in [2.05, 4.69) is 25.9 Å². The second-order valence-electron chi connectivity index (χ2n) is 6.76. The summed E-state index contributed by atoms with van der Waals surface area (Å²) in [5.41, 5.74) is 1.52. The van der Waals surface area contributed by atoms with Crippen LogP contribution in [-0.2, 0) is 9.53 Å². The normalized spacial score (nSPS) is 14.2. The fourth-order valence-corrected chi connectivity index (χ4v) is 3.13. The molecule has 0 saturated carbocycles. The van der Waals surface area contributed by atoms with Gasteiger partial charge in [-0.25, -0.2) is 9.78 Å². The van der Waals surface area contributed by atoms with E-state index in [-0.39, 0.29) is 18.0 Å². The summed E-state index contributed by atoms with van der Waals surface area (Å²) in [6.07, 6.45) is 3.04. The molecule has 0 atom stereocenters. The van der Waals surface area contributed by atoms with Gasteiger partial charge in [0.15, 0.2) is 0 Å². The van der Waals surface area contributed by atoms with Gasteiger partial charge in [0.25, 0.3) is 0 Å². The first kappa shape index (κ1) is 20.4. The van der Waals surface area contributed by atoms with E-state index in [1.165, 1.54) is 6.92 Å². The van der Waals surface area contributed by atoms with Crippen LogP contribution in [0.25, 0.3) is 0 Å². The summed E-state index contributed by atoms with van der Waals surface area (Å²) in [7, 11) is 0. The molecule has 0 unspecified atom stereocenters. The molecule has 0 spiro atoms. The van der Waals surface area contributed by atoms with Crippen LogP contribution < -0.4 is 16.0 Å². The highest BCUT2D eigenvalue weighted by atomic mass is 16.6. The SMILES string of the molecule is CCOC(=O)N1CCC(Nc2nccc(Nc3cccc(NC(C)=O)c3)n2)CC1. The number of carbonyl (C=O) groups excluding carboxylic acids is 2. The second-order valence-corrected chi connectivity index (χ2v) is 6.76. The van der Waals surface area contributed by atoms with E-state index < -0.39 is 0 Å². The van der Waals surface area contributed by atoms with Gasteiger partial charge in [0.05, 0.1) is 6.61 Å². The minimum atomic E-state index is -0.255. The first-order valence-electron chi connectivity index (χ1n) is 9.69. The van der Waals surface area contributed by atoms with Crippen LogP contribution in [0.1, 0.15) is 26.7 Å². The highest BCUT2D eigenvalue weighted by Crippen LogP contribution is 2.20. The number of ether oxygens (including phenoxy) is 1. The fraction of sp³-hybridized carbons (Fsp3) is 0.400. The van der Waals surface area contributed by atoms with Crippen molar-refractivity contribution in [3.8, 4) is 0 Å². The number of likely N-dealkylation sites (tertiary alicyclic amines) is 1. The van der Waals surface area contributed by atoms with E-state index in [4.69, 9.17) is 4.74 Å². The quantitative estimate of drug-likeness (QED) is 0.685. The molecule has 1 aliphatic heterocycles. The maximum Gasteiger partial charge on any atom is 0.409 e. The molecule has 0 aliphatic carbocycles. The summed E-state index contributed by atoms with van der Waals surface area (Å²) in [6, 6.07) is 9.37. The average Bonchev–Trinajstić information content (AvgIpc) is 2.69. The van der Waals surface area contributed by atoms with Crippen LogP contribution in [0, 0.1) is 0 Å². The van der Waals surface area contributed by atoms with Gasteiger partial charge in [-0.2, -0.15) is 4.98 Å². The van der Waals surface area contributed by atoms with E-state index in [0.29, 0.717) is 37.1 Å². The summed E-state index contributed by atoms with van der Waals surface area (Å²) in [5.74, 6) is 1.05. The molecular weight excluding hydrogens is 372 g/mol. The van der Waals surface area contributed by atoms with Crippen molar-refractivity contribution in [2.24, 2.45) is 0 Å². The number of hydrogen-bond donors (Lipinski definition) is 3. The van der Waals surface area contributed by atoms with Gasteiger partial charge in [0.1, 0.15) is 5.82 Å². The van der Waals surface area contributed by atoms with Gasteiger partial charge in [-0.3, -0.25) is 4.79 Å². The second kappa shape index (κ2) is 9.72. The lowest BCUT2D eigenvalue weighted by Crippen LogP contribution is -2.42. The lowest BCUT2D eigenvalue weighted by atomic mass is 10.1. The lowest BCUT2D eigenvalue weighted by Gasteiger charge is -2.31. The summed E-state index contributed by atoms with van der Waals surface area (Å²) >= 11 is 0. The highest BCUT2D eigenvalue weighted by Gasteiger charge is 2.23. The zero-order valence-electron chi connectivity index (χ0n) is 16.6. The van der Waals surface area contributed by atoms with Crippen LogP contribution in [0.5, 0.6) is 0 Å². The summed E-state index contributed by atoms with van der Waals surface area (Å²) in [4.78, 5) is 33.5. The number of hydrogen-bond acceptors (Lipinski definition) is 7. The standard InChI is InChI=1S/C20H26N6O3/c1-3-29-20(28)26-11-8-15(9-12-26)24-19-21-10-7-18(25-19)23-17-6-4-5-16(13-17)22-14(2)27/h4-7,10,13,15H,3,8-9,11-12H2,1-2H3,(H,22,27)(H2,21,23,24,25). The smallest absolute Gasteiger partial charge is 0.409 e. The van der Waals surface area contributed by atoms with Crippen LogP contribution in [0.2, 0.25) is 0 Å². The molecule has 29 heavy (non-hydrogen) atoms. The van der Waals surface area contributed by atoms with Crippen molar-refractivity contribution in [1.29, 1.82) is 0 Å². The van der Waals surface area contributed by atoms with Crippen molar-refractivity contribution in [3.05, 3.63) is 36.5 Å². The number of piperidine rings is 1. The Hall–Kier alpha value is -3.36. The summed E-state index contributed by atoms with van der Waals surface area (Å²) in [6.45, 7) is 4.95. The van der Waals surface area contributed by atoms with Crippen LogP contribution in [-0.4, -0.2) is 52.6 Å². The monoisotopic (exact) mass is 398 g/mol. The van der Waals surface area contributed by atoms with E-state index in [0.717, 1.165) is 18.5 Å². The molecule has 154 valence electrons. The first-order valence-corrected chi connectivity index (χ1v) is 9.69. The third-order valence-corrected chi connectivity index (χ3v) is 4.47. The molecule has 1 aromatic carbocycles. The minimum absolute atomic E-state index is 0.121. The third-order valence-electron chi connectivity index (χ3n) is 4.47. The van der Waals surface area contributed by atoms with Crippen LogP contribution in [0.3, 0.4) is 0 Å². The molecule has 2 heterocycles. The van der Waals surface area contributed by atoms with Crippen molar-refractivity contribution in [2.45, 2.75) is 32.7 Å². The maximum atomic E-state index is 11.8. The van der Waals surface area contributed by atoms with Crippen LogP contribution in [0.4, 0.5) is 27.9 Å². The molecule has 1 aromatic heterocycles. The van der Waals surface area contributed by atoms with E-state index >= 15 is 0 Å². The van der Waals surface area contributed by atoms with Gasteiger partial charge < -0.3 is 25.6 Å². The molecule has 1 aliphatic rings. The molecule has 2 aromatic rings. The van der Waals surface area contributed by atoms with Gasteiger partial charge in [-0.1, -0.05) is 6.07 Å². The number of carbonyl (C=O) groups is 2. The number of nitrogens with one attached hydrogen (secondary N) is 3. The number of benzene rings is 1. The van der Waals surface area contributed by atoms with Gasteiger partial charge in [-0.15, -0.1) is 0 Å². The Labute approximate surface area is 169 Å². The molecule has 9 heteroatoms. The summed E-state index contributed by atoms with van der Waals surface area (Å²) in [5, 5.41) is 9.31. The zero-order chi connectivity index (χ0) is 20.6. The maximum absolute atomic E-state index is 11.8. The van der Waals surface area contributed by atoms with Crippen LogP contribution >= 0.6 is 0 Å². The molecule has 9 nitrogen and oxygen atoms in total. The highest BCUT2D eigenvalue weighted by molar-refractivity contribution is 5.89. The number of anilines is 4. The molecule has 0 radical (unpaired) electrons. The molecule has 0 bridgehead atoms. The number of nitrogens with zero attached hydrogens (tertiary/aromatic N) is 3. The topological polar surface area (TPSA) is 108 Å². The predicted octanol–water partition coefficient (Wildman–Crippen LogP) is 3.21. The van der Waals surface area contributed by atoms with E-state index in [9.17, 15) is 9.59 Å². The van der Waals surface area contributed by atoms with Crippen molar-refractivity contribution < 1.29 is 14.3 Å². The summed E-state index contributed by atoms with van der Waals surface area (Å²) < 4.78 is 5.05. The Morgan fingerprint density at radius 2 is 1.97 bits per heavy atom. The Balaban J connectivity index is 1.56. The molecule has 1 fully saturated rings. The van der Waals surface area contributed by atoms with E-state index in [1.54, 1.807) is 24.1 Å². The van der Waals surface area contributed by atoms with Crippen molar-refractivity contribution >= 4 is 35.1 Å². The Kier molecular flexibility index (Phi) is 6.83. The molecule has 3 N–H and O–H groups in total. The Morgan fingerprint density at radius 1 is 1.21 bits per heavy atom. The molecule has 1 saturated heterocycles. The van der Waals surface area contributed by atoms with Gasteiger partial charge in [0, 0.05) is 43.6 Å². The van der Waals surface area contributed by atoms with Gasteiger partial charge in [-0.05, 0) is 44.0 Å². The molecular formula is C20H26N6O3. The largest absolute Gasteiger partial charge is 0.450 e. The molecule has 2 amide bonds. The third kappa shape index (κ3) is 6.06. The number of amides is 2. The average molecular weight is 398 g/mol. The Morgan fingerprint density at radius 3 is 2.69 bits per heavy atom. The zero-order valence-corrected chi connectivity index (χ0v) is 16.6. The minimum Gasteiger partial charge on any atom is -0.450 e. The number of aromatic nitrogens is 2. The van der Waals surface area contributed by atoms with E-state index in [1.807, 2.05) is 24.3 Å². The fourth-order valence-electron chi connectivity index (χ4n) is 3.13. The van der Waals surface area contributed by atoms with Crippen molar-refractivity contribution in [3.63, 3.8) is 0 Å². The Bertz CT molecular complexity index is 852. The number of rotatable bonds is 6. The predicted molar refractivity (Wildman–Crippen MR) is 111 cm³/mol. The van der Waals surface area contributed by atoms with Gasteiger partial charge >= 0.3 is 6.09 Å².